The zero-order chi connectivity index (χ0) is 12.7. The van der Waals surface area contributed by atoms with Gasteiger partial charge >= 0.3 is 0 Å². The van der Waals surface area contributed by atoms with Crippen molar-refractivity contribution in [1.29, 1.82) is 0 Å². The van der Waals surface area contributed by atoms with Crippen LogP contribution in [0.2, 0.25) is 0 Å². The van der Waals surface area contributed by atoms with Crippen molar-refractivity contribution in [3.05, 3.63) is 35.9 Å². The highest BCUT2D eigenvalue weighted by molar-refractivity contribution is 5.97. The maximum Gasteiger partial charge on any atom is 0.152 e. The highest BCUT2D eigenvalue weighted by atomic mass is 16.1. The number of aldehydes is 1. The normalized spacial score (nSPS) is 11.0. The largest absolute Gasteiger partial charge is 0.304 e. The number of hydrogen-bond acceptors (Lipinski definition) is 4. The second-order valence-corrected chi connectivity index (χ2v) is 4.12. The van der Waals surface area contributed by atoms with Crippen molar-refractivity contribution in [2.75, 3.05) is 0 Å². The third-order valence-electron chi connectivity index (χ3n) is 2.88. The second kappa shape index (κ2) is 3.76. The van der Waals surface area contributed by atoms with Crippen LogP contribution in [0.1, 0.15) is 16.1 Å². The fourth-order valence-corrected chi connectivity index (χ4v) is 2.04. The minimum atomic E-state index is 0.582. The lowest BCUT2D eigenvalue weighted by Crippen LogP contribution is -1.96. The molecule has 3 rings (SSSR count). The lowest BCUT2D eigenvalue weighted by atomic mass is 10.1. The number of hydrogen-bond donors (Lipinski definition) is 0. The SMILES string of the molecule is Cc1cn(-c2ccc(C=O)c3c2nnn3C)cn1. The number of rotatable bonds is 2. The molecule has 0 saturated carbocycles. The van der Waals surface area contributed by atoms with Crippen molar-refractivity contribution < 1.29 is 4.79 Å². The molecule has 0 bridgehead atoms. The molecule has 18 heavy (non-hydrogen) atoms. The summed E-state index contributed by atoms with van der Waals surface area (Å²) in [6.07, 6.45) is 4.44. The second-order valence-electron chi connectivity index (χ2n) is 4.12. The van der Waals surface area contributed by atoms with Gasteiger partial charge in [-0.2, -0.15) is 0 Å². The maximum absolute atomic E-state index is 11.0. The van der Waals surface area contributed by atoms with Crippen LogP contribution < -0.4 is 0 Å². The highest BCUT2D eigenvalue weighted by Gasteiger charge is 2.13. The molecule has 0 radical (unpaired) electrons. The summed E-state index contributed by atoms with van der Waals surface area (Å²) in [6.45, 7) is 1.92. The van der Waals surface area contributed by atoms with Gasteiger partial charge in [0.15, 0.2) is 6.29 Å². The van der Waals surface area contributed by atoms with Gasteiger partial charge < -0.3 is 4.57 Å². The van der Waals surface area contributed by atoms with E-state index in [1.807, 2.05) is 23.8 Å². The number of fused-ring (bicyclic) bond motifs is 1. The Morgan fingerprint density at radius 3 is 2.83 bits per heavy atom. The fourth-order valence-electron chi connectivity index (χ4n) is 2.04. The molecule has 0 atom stereocenters. The Labute approximate surface area is 103 Å². The van der Waals surface area contributed by atoms with Crippen LogP contribution in [0.3, 0.4) is 0 Å². The van der Waals surface area contributed by atoms with Gasteiger partial charge in [0.1, 0.15) is 11.0 Å². The van der Waals surface area contributed by atoms with Gasteiger partial charge in [-0.3, -0.25) is 4.79 Å². The molecule has 0 spiro atoms. The van der Waals surface area contributed by atoms with E-state index in [4.69, 9.17) is 0 Å². The van der Waals surface area contributed by atoms with Gasteiger partial charge in [0.25, 0.3) is 0 Å². The summed E-state index contributed by atoms with van der Waals surface area (Å²) in [5, 5.41) is 8.09. The maximum atomic E-state index is 11.0. The molecule has 0 aliphatic heterocycles. The predicted molar refractivity (Wildman–Crippen MR) is 65.8 cm³/mol. The Kier molecular flexibility index (Phi) is 2.22. The molecule has 6 heteroatoms. The van der Waals surface area contributed by atoms with Crippen molar-refractivity contribution in [3.8, 4) is 5.69 Å². The summed E-state index contributed by atoms with van der Waals surface area (Å²) in [6, 6.07) is 3.62. The van der Waals surface area contributed by atoms with Crippen LogP contribution in [-0.2, 0) is 7.05 Å². The minimum Gasteiger partial charge on any atom is -0.304 e. The van der Waals surface area contributed by atoms with Crippen molar-refractivity contribution in [2.24, 2.45) is 7.05 Å². The first-order valence-corrected chi connectivity index (χ1v) is 5.49. The molecule has 6 nitrogen and oxygen atoms in total. The Bertz CT molecular complexity index is 740. The summed E-state index contributed by atoms with van der Waals surface area (Å²) < 4.78 is 3.48. The van der Waals surface area contributed by atoms with E-state index in [2.05, 4.69) is 15.3 Å². The predicted octanol–water partition coefficient (Wildman–Crippen LogP) is 1.27. The molecule has 1 aromatic carbocycles. The highest BCUT2D eigenvalue weighted by Crippen LogP contribution is 2.22. The van der Waals surface area contributed by atoms with Gasteiger partial charge in [-0.1, -0.05) is 5.21 Å². The molecule has 2 aromatic heterocycles. The number of aromatic nitrogens is 5. The summed E-state index contributed by atoms with van der Waals surface area (Å²) in [4.78, 5) is 15.2. The Morgan fingerprint density at radius 1 is 1.33 bits per heavy atom. The summed E-state index contributed by atoms with van der Waals surface area (Å²) >= 11 is 0. The molecular formula is C12H11N5O. The molecule has 0 N–H and O–H groups in total. The quantitative estimate of drug-likeness (QED) is 0.634. The van der Waals surface area contributed by atoms with E-state index < -0.39 is 0 Å². The van der Waals surface area contributed by atoms with E-state index in [1.54, 1.807) is 24.1 Å². The van der Waals surface area contributed by atoms with Crippen molar-refractivity contribution in [2.45, 2.75) is 6.92 Å². The van der Waals surface area contributed by atoms with Gasteiger partial charge in [0, 0.05) is 18.8 Å². The zero-order valence-corrected chi connectivity index (χ0v) is 10.0. The first kappa shape index (κ1) is 10.6. The lowest BCUT2D eigenvalue weighted by Gasteiger charge is -2.04. The van der Waals surface area contributed by atoms with Crippen LogP contribution in [0.5, 0.6) is 0 Å². The minimum absolute atomic E-state index is 0.582. The van der Waals surface area contributed by atoms with Crippen LogP contribution in [0.4, 0.5) is 0 Å². The standard InChI is InChI=1S/C12H11N5O/c1-8-5-17(7-13-8)10-4-3-9(6-18)12-11(10)14-15-16(12)2/h3-7H,1-2H3. The average molecular weight is 241 g/mol. The van der Waals surface area contributed by atoms with Crippen LogP contribution in [0.15, 0.2) is 24.7 Å². The van der Waals surface area contributed by atoms with Gasteiger partial charge in [-0.15, -0.1) is 5.10 Å². The topological polar surface area (TPSA) is 65.6 Å². The zero-order valence-electron chi connectivity index (χ0n) is 10.0. The van der Waals surface area contributed by atoms with Gasteiger partial charge in [-0.25, -0.2) is 9.67 Å². The molecule has 90 valence electrons. The number of benzene rings is 1. The molecule has 0 aliphatic rings. The fraction of sp³-hybridized carbons (Fsp3) is 0.167. The molecule has 0 amide bonds. The Balaban J connectivity index is 2.35. The van der Waals surface area contributed by atoms with E-state index in [0.29, 0.717) is 11.1 Å². The van der Waals surface area contributed by atoms with Gasteiger partial charge in [0.05, 0.1) is 17.7 Å². The number of nitrogens with zero attached hydrogens (tertiary/aromatic N) is 5. The van der Waals surface area contributed by atoms with E-state index in [-0.39, 0.29) is 0 Å². The smallest absolute Gasteiger partial charge is 0.152 e. The Hall–Kier alpha value is -2.50. The van der Waals surface area contributed by atoms with E-state index in [1.165, 1.54) is 0 Å². The molecule has 2 heterocycles. The van der Waals surface area contributed by atoms with Crippen LogP contribution >= 0.6 is 0 Å². The number of imidazole rings is 1. The number of carbonyl (C=O) groups excluding carboxylic acids is 1. The lowest BCUT2D eigenvalue weighted by molar-refractivity contribution is 0.112. The molecule has 0 aliphatic carbocycles. The van der Waals surface area contributed by atoms with Gasteiger partial charge in [-0.05, 0) is 19.1 Å². The van der Waals surface area contributed by atoms with E-state index in [0.717, 1.165) is 23.2 Å². The van der Waals surface area contributed by atoms with Crippen LogP contribution in [-0.4, -0.2) is 30.8 Å². The van der Waals surface area contributed by atoms with Crippen molar-refractivity contribution in [3.63, 3.8) is 0 Å². The first-order chi connectivity index (χ1) is 8.70. The van der Waals surface area contributed by atoms with Crippen LogP contribution in [0.25, 0.3) is 16.7 Å². The third-order valence-corrected chi connectivity index (χ3v) is 2.88. The average Bonchev–Trinajstić information content (AvgIpc) is 2.96. The molecule has 0 unspecified atom stereocenters. The molecule has 0 saturated heterocycles. The summed E-state index contributed by atoms with van der Waals surface area (Å²) in [5.74, 6) is 0. The van der Waals surface area contributed by atoms with E-state index in [9.17, 15) is 4.79 Å². The summed E-state index contributed by atoms with van der Waals surface area (Å²) in [7, 11) is 1.77. The number of aryl methyl sites for hydroxylation is 2. The summed E-state index contributed by atoms with van der Waals surface area (Å²) in [5.41, 5.74) is 3.79. The monoisotopic (exact) mass is 241 g/mol. The molecule has 0 fully saturated rings. The van der Waals surface area contributed by atoms with E-state index >= 15 is 0 Å². The van der Waals surface area contributed by atoms with Crippen molar-refractivity contribution in [1.82, 2.24) is 24.5 Å². The Morgan fingerprint density at radius 2 is 2.17 bits per heavy atom. The van der Waals surface area contributed by atoms with Gasteiger partial charge in [0.2, 0.25) is 0 Å². The van der Waals surface area contributed by atoms with Crippen LogP contribution in [0, 0.1) is 6.92 Å². The van der Waals surface area contributed by atoms with Crippen molar-refractivity contribution >= 4 is 17.3 Å². The third kappa shape index (κ3) is 1.42. The molecule has 3 aromatic rings. The first-order valence-electron chi connectivity index (χ1n) is 5.49. The number of carbonyl (C=O) groups is 1. The molecular weight excluding hydrogens is 230 g/mol.